The van der Waals surface area contributed by atoms with Crippen LogP contribution in [0.15, 0.2) is 12.1 Å². The molecule has 142 valence electrons. The molecule has 0 aliphatic carbocycles. The molecule has 0 bridgehead atoms. The zero-order chi connectivity index (χ0) is 18.9. The number of aromatic nitrogens is 1. The molecule has 1 N–H and O–H groups in total. The lowest BCUT2D eigenvalue weighted by atomic mass is 9.93. The summed E-state index contributed by atoms with van der Waals surface area (Å²) in [5.41, 5.74) is 0.504. The molecular weight excluding hydrogens is 320 g/mol. The van der Waals surface area contributed by atoms with E-state index in [2.05, 4.69) is 24.1 Å². The summed E-state index contributed by atoms with van der Waals surface area (Å²) in [7, 11) is 0. The molecule has 0 aliphatic rings. The van der Waals surface area contributed by atoms with E-state index in [0.29, 0.717) is 56.0 Å². The van der Waals surface area contributed by atoms with Crippen LogP contribution in [0.4, 0.5) is 5.69 Å². The van der Waals surface area contributed by atoms with Crippen molar-refractivity contribution in [3.8, 4) is 5.88 Å². The van der Waals surface area contributed by atoms with Gasteiger partial charge in [0.1, 0.15) is 12.2 Å². The molecule has 25 heavy (non-hydrogen) atoms. The number of carbonyl (C=O) groups excluding carboxylic acids is 1. The van der Waals surface area contributed by atoms with Gasteiger partial charge in [-0.05, 0) is 46.1 Å². The second-order valence-electron chi connectivity index (χ2n) is 6.54. The third kappa shape index (κ3) is 7.00. The van der Waals surface area contributed by atoms with E-state index < -0.39 is 5.60 Å². The second-order valence-corrected chi connectivity index (χ2v) is 6.54. The normalized spacial score (nSPS) is 13.6. The molecule has 6 nitrogen and oxygen atoms in total. The first-order chi connectivity index (χ1) is 11.8. The summed E-state index contributed by atoms with van der Waals surface area (Å²) in [6.45, 7) is 13.8. The van der Waals surface area contributed by atoms with E-state index in [0.717, 1.165) is 0 Å². The first kappa shape index (κ1) is 21.4. The molecule has 0 aliphatic heterocycles. The molecule has 0 saturated carbocycles. The maximum absolute atomic E-state index is 12.7. The van der Waals surface area contributed by atoms with E-state index in [1.54, 1.807) is 12.1 Å². The van der Waals surface area contributed by atoms with E-state index in [1.165, 1.54) is 0 Å². The largest absolute Gasteiger partial charge is 0.475 e. The molecule has 1 aromatic heterocycles. The molecule has 0 radical (unpaired) electrons. The van der Waals surface area contributed by atoms with Gasteiger partial charge < -0.3 is 19.5 Å². The van der Waals surface area contributed by atoms with E-state index in [1.807, 2.05) is 27.7 Å². The quantitative estimate of drug-likeness (QED) is 0.616. The van der Waals surface area contributed by atoms with Crippen molar-refractivity contribution in [2.45, 2.75) is 53.6 Å². The standard InChI is InChI=1S/C19H32N2O4/c1-7-23-11-12-24-17-10-9-16(15(5)20-17)21-18(22)19(6,25-8-2)13-14(3)4/h9-10,14H,7-8,11-13H2,1-6H3,(H,21,22)/t19-/m1/s1. The molecule has 0 unspecified atom stereocenters. The Bertz CT molecular complexity index is 548. The van der Waals surface area contributed by atoms with Gasteiger partial charge in [0.25, 0.3) is 5.91 Å². The van der Waals surface area contributed by atoms with Crippen molar-refractivity contribution < 1.29 is 19.0 Å². The van der Waals surface area contributed by atoms with Gasteiger partial charge in [0, 0.05) is 19.3 Å². The summed E-state index contributed by atoms with van der Waals surface area (Å²) >= 11 is 0. The Kier molecular flexibility index (Phi) is 8.86. The molecule has 0 aromatic carbocycles. The fraction of sp³-hybridized carbons (Fsp3) is 0.684. The number of nitrogens with one attached hydrogen (secondary N) is 1. The van der Waals surface area contributed by atoms with Gasteiger partial charge in [-0.2, -0.15) is 0 Å². The molecular formula is C19H32N2O4. The number of hydrogen-bond acceptors (Lipinski definition) is 5. The van der Waals surface area contributed by atoms with Crippen LogP contribution in [0, 0.1) is 12.8 Å². The number of ether oxygens (including phenoxy) is 3. The van der Waals surface area contributed by atoms with E-state index in [-0.39, 0.29) is 5.91 Å². The maximum Gasteiger partial charge on any atom is 0.256 e. The summed E-state index contributed by atoms with van der Waals surface area (Å²) in [5.74, 6) is 0.713. The van der Waals surface area contributed by atoms with Gasteiger partial charge >= 0.3 is 0 Å². The number of pyridine rings is 1. The maximum atomic E-state index is 12.7. The highest BCUT2D eigenvalue weighted by Gasteiger charge is 2.35. The van der Waals surface area contributed by atoms with Crippen molar-refractivity contribution in [3.63, 3.8) is 0 Å². The molecule has 6 heteroatoms. The zero-order valence-electron chi connectivity index (χ0n) is 16.3. The first-order valence-electron chi connectivity index (χ1n) is 8.96. The van der Waals surface area contributed by atoms with Crippen molar-refractivity contribution in [3.05, 3.63) is 17.8 Å². The van der Waals surface area contributed by atoms with Crippen LogP contribution < -0.4 is 10.1 Å². The van der Waals surface area contributed by atoms with Gasteiger partial charge in [-0.25, -0.2) is 4.98 Å². The van der Waals surface area contributed by atoms with Gasteiger partial charge in [0.2, 0.25) is 5.88 Å². The van der Waals surface area contributed by atoms with Crippen LogP contribution in [0.1, 0.15) is 46.7 Å². The number of nitrogens with zero attached hydrogens (tertiary/aromatic N) is 1. The number of aryl methyl sites for hydroxylation is 1. The fourth-order valence-corrected chi connectivity index (χ4v) is 2.67. The van der Waals surface area contributed by atoms with Crippen LogP contribution in [0.2, 0.25) is 0 Å². The third-order valence-electron chi connectivity index (χ3n) is 3.73. The molecule has 0 spiro atoms. The number of hydrogen-bond donors (Lipinski definition) is 1. The summed E-state index contributed by atoms with van der Waals surface area (Å²) in [6, 6.07) is 3.55. The van der Waals surface area contributed by atoms with Gasteiger partial charge in [-0.1, -0.05) is 13.8 Å². The zero-order valence-corrected chi connectivity index (χ0v) is 16.3. The number of carbonyl (C=O) groups is 1. The highest BCUT2D eigenvalue weighted by molar-refractivity contribution is 5.97. The molecule has 1 aromatic rings. The van der Waals surface area contributed by atoms with Crippen molar-refractivity contribution in [1.82, 2.24) is 4.98 Å². The van der Waals surface area contributed by atoms with Crippen molar-refractivity contribution >= 4 is 11.6 Å². The predicted molar refractivity (Wildman–Crippen MR) is 99.1 cm³/mol. The van der Waals surface area contributed by atoms with Gasteiger partial charge in [-0.15, -0.1) is 0 Å². The summed E-state index contributed by atoms with van der Waals surface area (Å²) in [4.78, 5) is 17.1. The summed E-state index contributed by atoms with van der Waals surface area (Å²) < 4.78 is 16.5. The molecule has 0 fully saturated rings. The summed E-state index contributed by atoms with van der Waals surface area (Å²) in [6.07, 6.45) is 0.651. The van der Waals surface area contributed by atoms with Crippen molar-refractivity contribution in [2.24, 2.45) is 5.92 Å². The smallest absolute Gasteiger partial charge is 0.256 e. The minimum Gasteiger partial charge on any atom is -0.475 e. The Morgan fingerprint density at radius 3 is 2.52 bits per heavy atom. The van der Waals surface area contributed by atoms with Crippen LogP contribution in [-0.4, -0.2) is 42.9 Å². The number of amides is 1. The fourth-order valence-electron chi connectivity index (χ4n) is 2.67. The molecule has 1 heterocycles. The van der Waals surface area contributed by atoms with E-state index in [9.17, 15) is 4.79 Å². The Hall–Kier alpha value is -1.66. The molecule has 0 saturated heterocycles. The minimum absolute atomic E-state index is 0.155. The monoisotopic (exact) mass is 352 g/mol. The van der Waals surface area contributed by atoms with Gasteiger partial charge in [-0.3, -0.25) is 4.79 Å². The lowest BCUT2D eigenvalue weighted by Crippen LogP contribution is -2.44. The lowest BCUT2D eigenvalue weighted by Gasteiger charge is -2.30. The minimum atomic E-state index is -0.859. The molecule has 1 rings (SSSR count). The average molecular weight is 352 g/mol. The Balaban J connectivity index is 2.75. The summed E-state index contributed by atoms with van der Waals surface area (Å²) in [5, 5.41) is 2.94. The number of rotatable bonds is 11. The molecule has 1 amide bonds. The molecule has 1 atom stereocenters. The van der Waals surface area contributed by atoms with Crippen LogP contribution in [-0.2, 0) is 14.3 Å². The van der Waals surface area contributed by atoms with E-state index in [4.69, 9.17) is 14.2 Å². The highest BCUT2D eigenvalue weighted by atomic mass is 16.5. The van der Waals surface area contributed by atoms with Crippen molar-refractivity contribution in [2.75, 3.05) is 31.7 Å². The highest BCUT2D eigenvalue weighted by Crippen LogP contribution is 2.25. The number of anilines is 1. The van der Waals surface area contributed by atoms with Crippen LogP contribution in [0.3, 0.4) is 0 Å². The second kappa shape index (κ2) is 10.4. The first-order valence-corrected chi connectivity index (χ1v) is 8.96. The lowest BCUT2D eigenvalue weighted by molar-refractivity contribution is -0.140. The van der Waals surface area contributed by atoms with Gasteiger partial charge in [0.15, 0.2) is 0 Å². The Morgan fingerprint density at radius 1 is 1.24 bits per heavy atom. The van der Waals surface area contributed by atoms with Crippen LogP contribution >= 0.6 is 0 Å². The van der Waals surface area contributed by atoms with Crippen molar-refractivity contribution in [1.29, 1.82) is 0 Å². The third-order valence-corrected chi connectivity index (χ3v) is 3.73. The van der Waals surface area contributed by atoms with E-state index >= 15 is 0 Å². The SMILES string of the molecule is CCOCCOc1ccc(NC(=O)[C@@](C)(CC(C)C)OCC)c(C)n1. The Morgan fingerprint density at radius 2 is 1.96 bits per heavy atom. The van der Waals surface area contributed by atoms with Gasteiger partial charge in [0.05, 0.1) is 18.0 Å². The predicted octanol–water partition coefficient (Wildman–Crippen LogP) is 3.59. The van der Waals surface area contributed by atoms with Crippen LogP contribution in [0.25, 0.3) is 0 Å². The Labute approximate surface area is 151 Å². The average Bonchev–Trinajstić information content (AvgIpc) is 2.53. The van der Waals surface area contributed by atoms with Crippen LogP contribution in [0.5, 0.6) is 5.88 Å². The topological polar surface area (TPSA) is 69.7 Å².